The summed E-state index contributed by atoms with van der Waals surface area (Å²) in [6, 6.07) is 31.4. The van der Waals surface area contributed by atoms with Gasteiger partial charge >= 0.3 is 0 Å². The summed E-state index contributed by atoms with van der Waals surface area (Å²) in [5.41, 5.74) is 10.8. The van der Waals surface area contributed by atoms with Crippen molar-refractivity contribution >= 4 is 23.2 Å². The minimum Gasteiger partial charge on any atom is -0.496 e. The second-order valence-corrected chi connectivity index (χ2v) is 19.9. The fourth-order valence-electron chi connectivity index (χ4n) is 6.66. The van der Waals surface area contributed by atoms with E-state index in [-0.39, 0.29) is 32.2 Å². The van der Waals surface area contributed by atoms with Crippen LogP contribution < -0.4 is 14.2 Å². The summed E-state index contributed by atoms with van der Waals surface area (Å²) < 4.78 is 66.4. The monoisotopic (exact) mass is 1040 g/mol. The van der Waals surface area contributed by atoms with E-state index in [1.165, 1.54) is 39.4 Å². The van der Waals surface area contributed by atoms with Gasteiger partial charge in [-0.1, -0.05) is 176 Å². The molecule has 3 nitrogen and oxygen atoms in total. The molecule has 0 unspecified atom stereocenters. The maximum absolute atomic E-state index is 12.9. The number of aryl methyl sites for hydroxylation is 4. The van der Waals surface area contributed by atoms with Gasteiger partial charge in [0.15, 0.2) is 11.5 Å². The van der Waals surface area contributed by atoms with Gasteiger partial charge in [-0.15, -0.1) is 0 Å². The van der Waals surface area contributed by atoms with Gasteiger partial charge < -0.3 is 14.2 Å². The Morgan fingerprint density at radius 2 is 0.639 bits per heavy atom. The van der Waals surface area contributed by atoms with Crippen LogP contribution in [0, 0.1) is 51.0 Å². The molecule has 6 aromatic carbocycles. The van der Waals surface area contributed by atoms with Crippen LogP contribution in [0.3, 0.4) is 0 Å². The maximum atomic E-state index is 12.9. The Balaban J connectivity index is 0. The summed E-state index contributed by atoms with van der Waals surface area (Å²) in [6.07, 6.45) is 0. The highest BCUT2D eigenvalue weighted by atomic mass is 35.5. The summed E-state index contributed by atoms with van der Waals surface area (Å²) in [4.78, 5) is 0. The van der Waals surface area contributed by atoms with Crippen LogP contribution in [0.1, 0.15) is 189 Å². The lowest BCUT2D eigenvalue weighted by Crippen LogP contribution is -1.98. The number of halogens is 6. The number of hydrogen-bond donors (Lipinski definition) is 0. The van der Waals surface area contributed by atoms with Gasteiger partial charge in [-0.2, -0.15) is 0 Å². The van der Waals surface area contributed by atoms with Crippen molar-refractivity contribution in [3.8, 4) is 17.2 Å². The van der Waals surface area contributed by atoms with Crippen molar-refractivity contribution in [3.63, 3.8) is 0 Å². The zero-order chi connectivity index (χ0) is 53.6. The second kappa shape index (κ2) is 34.4. The van der Waals surface area contributed by atoms with Crippen molar-refractivity contribution < 1.29 is 31.8 Å². The highest BCUT2D eigenvalue weighted by Gasteiger charge is 2.14. The van der Waals surface area contributed by atoms with Crippen molar-refractivity contribution in [2.45, 2.75) is 161 Å². The second-order valence-electron chi connectivity index (χ2n) is 19.1. The molecular formula is C63H88Cl2F4O3. The predicted molar refractivity (Wildman–Crippen MR) is 305 cm³/mol. The minimum atomic E-state index is -0.880. The van der Waals surface area contributed by atoms with Gasteiger partial charge in [-0.05, 0) is 150 Å². The van der Waals surface area contributed by atoms with E-state index in [0.29, 0.717) is 41.7 Å². The standard InChI is InChI=1S/C11H16O2.C11H16O.2C10H13Cl.C10H13F.C9H9F3.2CH4/c1-8(2)9-5-6-10(12-3)11(7-9)13-4;1-8(2)10-5-6-11(12-4)9(3)7-10;3*1-7(2)9-4-5-10(11)8(3)6-9;1-5(2)9-7(11)3-6(10)4-8(9)12;;/h5-8H,1-4H3;5-8H,1-4H3;3*4-7H,1-3H3;3-5H,1-2H3;2*1H4. The fraction of sp³-hybridized carbons (Fsp3) is 0.429. The third kappa shape index (κ3) is 23.7. The van der Waals surface area contributed by atoms with Crippen LogP contribution in [0.2, 0.25) is 10.0 Å². The van der Waals surface area contributed by atoms with Crippen molar-refractivity contribution in [3.05, 3.63) is 192 Å². The summed E-state index contributed by atoms with van der Waals surface area (Å²) in [7, 11) is 5.01. The normalized spacial score (nSPS) is 10.3. The number of rotatable bonds is 9. The van der Waals surface area contributed by atoms with E-state index in [9.17, 15) is 17.6 Å². The van der Waals surface area contributed by atoms with E-state index >= 15 is 0 Å². The highest BCUT2D eigenvalue weighted by molar-refractivity contribution is 6.31. The molecule has 6 rings (SSSR count). The first-order valence-electron chi connectivity index (χ1n) is 24.0. The van der Waals surface area contributed by atoms with E-state index in [1.807, 2.05) is 56.3 Å². The Labute approximate surface area is 444 Å². The van der Waals surface area contributed by atoms with Crippen LogP contribution in [-0.4, -0.2) is 21.3 Å². The first-order valence-corrected chi connectivity index (χ1v) is 24.7. The topological polar surface area (TPSA) is 27.7 Å². The molecule has 9 heteroatoms. The van der Waals surface area contributed by atoms with Gasteiger partial charge in [-0.3, -0.25) is 0 Å². The third-order valence-electron chi connectivity index (χ3n) is 11.3. The first-order chi connectivity index (χ1) is 32.7. The molecular weight excluding hydrogens is 952 g/mol. The zero-order valence-corrected chi connectivity index (χ0v) is 46.8. The van der Waals surface area contributed by atoms with Crippen LogP contribution in [-0.2, 0) is 0 Å². The Hall–Kier alpha value is -4.98. The number of methoxy groups -OCH3 is 3. The Morgan fingerprint density at radius 1 is 0.333 bits per heavy atom. The molecule has 0 saturated carbocycles. The molecule has 0 aliphatic carbocycles. The van der Waals surface area contributed by atoms with Crippen LogP contribution in [0.25, 0.3) is 0 Å². The minimum absolute atomic E-state index is 0. The van der Waals surface area contributed by atoms with E-state index < -0.39 is 17.5 Å². The number of hydrogen-bond acceptors (Lipinski definition) is 3. The number of ether oxygens (including phenoxy) is 3. The van der Waals surface area contributed by atoms with Crippen molar-refractivity contribution in [2.24, 2.45) is 0 Å². The quantitative estimate of drug-likeness (QED) is 0.135. The summed E-state index contributed by atoms with van der Waals surface area (Å²) >= 11 is 11.8. The molecule has 0 heterocycles. The van der Waals surface area contributed by atoms with E-state index in [4.69, 9.17) is 37.4 Å². The van der Waals surface area contributed by atoms with Crippen LogP contribution in [0.5, 0.6) is 17.2 Å². The Morgan fingerprint density at radius 3 is 0.944 bits per heavy atom. The molecule has 0 aliphatic rings. The molecule has 6 aromatic rings. The van der Waals surface area contributed by atoms with Crippen molar-refractivity contribution in [1.29, 1.82) is 0 Å². The zero-order valence-electron chi connectivity index (χ0n) is 45.3. The summed E-state index contributed by atoms with van der Waals surface area (Å²) in [5.74, 6) is 2.42. The van der Waals surface area contributed by atoms with Gasteiger partial charge in [0.1, 0.15) is 29.0 Å². The molecule has 0 radical (unpaired) electrons. The maximum Gasteiger partial charge on any atom is 0.160 e. The van der Waals surface area contributed by atoms with Gasteiger partial charge in [0, 0.05) is 27.7 Å². The van der Waals surface area contributed by atoms with Crippen LogP contribution in [0.4, 0.5) is 17.6 Å². The summed E-state index contributed by atoms with van der Waals surface area (Å²) in [6.45, 7) is 32.9. The molecule has 0 bridgehead atoms. The SMILES string of the molecule is C.C.CC(C)c1c(F)cc(F)cc1F.COc1ccc(C(C)C)cc1C.COc1ccc(C(C)C)cc1OC.Cc1cc(C(C)C)ccc1Cl.Cc1cc(C(C)C)ccc1Cl.Cc1cc(C(C)C)ccc1F. The third-order valence-corrected chi connectivity index (χ3v) is 12.2. The van der Waals surface area contributed by atoms with Crippen LogP contribution in [0.15, 0.2) is 103 Å². The van der Waals surface area contributed by atoms with Gasteiger partial charge in [0.2, 0.25) is 0 Å². The molecule has 0 spiro atoms. The average Bonchev–Trinajstić information content (AvgIpc) is 3.29. The lowest BCUT2D eigenvalue weighted by atomic mass is 10.0. The van der Waals surface area contributed by atoms with Crippen LogP contribution >= 0.6 is 23.2 Å². The van der Waals surface area contributed by atoms with E-state index in [1.54, 1.807) is 42.1 Å². The Kier molecular flexibility index (Phi) is 33.1. The first kappa shape index (κ1) is 69.1. The molecule has 0 N–H and O–H groups in total. The molecule has 72 heavy (non-hydrogen) atoms. The fourth-order valence-corrected chi connectivity index (χ4v) is 6.89. The molecule has 400 valence electrons. The molecule has 0 aromatic heterocycles. The predicted octanol–water partition coefficient (Wildman–Crippen LogP) is 21.3. The lowest BCUT2D eigenvalue weighted by molar-refractivity contribution is 0.354. The average molecular weight is 1040 g/mol. The molecule has 0 atom stereocenters. The van der Waals surface area contributed by atoms with Gasteiger partial charge in [0.05, 0.1) is 21.3 Å². The highest BCUT2D eigenvalue weighted by Crippen LogP contribution is 2.31. The molecule has 0 fully saturated rings. The van der Waals surface area contributed by atoms with Gasteiger partial charge in [-0.25, -0.2) is 17.6 Å². The van der Waals surface area contributed by atoms with E-state index in [0.717, 1.165) is 44.0 Å². The molecule has 0 saturated heterocycles. The summed E-state index contributed by atoms with van der Waals surface area (Å²) in [5, 5.41) is 1.71. The number of benzene rings is 6. The largest absolute Gasteiger partial charge is 0.496 e. The lowest BCUT2D eigenvalue weighted by Gasteiger charge is -2.11. The molecule has 0 amide bonds. The smallest absolute Gasteiger partial charge is 0.160 e. The van der Waals surface area contributed by atoms with Crippen molar-refractivity contribution in [1.82, 2.24) is 0 Å². The van der Waals surface area contributed by atoms with E-state index in [2.05, 4.69) is 119 Å². The Bertz CT molecular complexity index is 2340. The van der Waals surface area contributed by atoms with Crippen molar-refractivity contribution in [2.75, 3.05) is 21.3 Å². The van der Waals surface area contributed by atoms with Gasteiger partial charge in [0.25, 0.3) is 0 Å². The molecule has 0 aliphatic heterocycles.